The summed E-state index contributed by atoms with van der Waals surface area (Å²) in [5.41, 5.74) is 3.36. The molecule has 0 bridgehead atoms. The van der Waals surface area contributed by atoms with Crippen molar-refractivity contribution >= 4 is 23.7 Å². The lowest BCUT2D eigenvalue weighted by Crippen LogP contribution is -1.92. The summed E-state index contributed by atoms with van der Waals surface area (Å²) in [6.45, 7) is 0. The molecule has 2 N–H and O–H groups in total. The Kier molecular flexibility index (Phi) is 3.60. The van der Waals surface area contributed by atoms with Crippen molar-refractivity contribution in [2.75, 3.05) is 5.32 Å². The van der Waals surface area contributed by atoms with Crippen LogP contribution < -0.4 is 5.32 Å². The summed E-state index contributed by atoms with van der Waals surface area (Å²) in [7, 11) is 0. The molecule has 1 heterocycles. The molecule has 0 amide bonds. The van der Waals surface area contributed by atoms with E-state index in [2.05, 4.69) is 45.6 Å². The molecule has 0 fully saturated rings. The monoisotopic (exact) mass is 261 g/mol. The molecule has 3 heteroatoms. The van der Waals surface area contributed by atoms with Crippen LogP contribution in [0.4, 0.5) is 11.5 Å². The lowest BCUT2D eigenvalue weighted by atomic mass is 10.1. The highest BCUT2D eigenvalue weighted by Crippen LogP contribution is 2.21. The minimum Gasteiger partial charge on any atom is -0.340 e. The van der Waals surface area contributed by atoms with Crippen LogP contribution in [0.5, 0.6) is 0 Å². The summed E-state index contributed by atoms with van der Waals surface area (Å²) in [6.07, 6.45) is 7.63. The molecule has 1 aromatic heterocycles. The number of nitrogens with zero attached hydrogens (tertiary/aromatic N) is 1. The van der Waals surface area contributed by atoms with E-state index >= 15 is 0 Å². The molecule has 0 atom stereocenters. The van der Waals surface area contributed by atoms with Crippen molar-refractivity contribution < 1.29 is 0 Å². The van der Waals surface area contributed by atoms with Gasteiger partial charge in [0, 0.05) is 5.69 Å². The second-order valence-corrected chi connectivity index (χ2v) is 4.42. The summed E-state index contributed by atoms with van der Waals surface area (Å²) in [4.78, 5) is 7.05. The zero-order valence-electron chi connectivity index (χ0n) is 11.0. The van der Waals surface area contributed by atoms with Gasteiger partial charge < -0.3 is 10.3 Å². The number of anilines is 2. The Hall–Kier alpha value is -2.81. The van der Waals surface area contributed by atoms with Crippen molar-refractivity contribution in [3.05, 3.63) is 78.2 Å². The van der Waals surface area contributed by atoms with Crippen molar-refractivity contribution in [1.82, 2.24) is 9.97 Å². The first-order valence-corrected chi connectivity index (χ1v) is 6.49. The zero-order chi connectivity index (χ0) is 13.6. The highest BCUT2D eigenvalue weighted by atomic mass is 15.0. The average molecular weight is 261 g/mol. The Balaban J connectivity index is 1.84. The molecule has 98 valence electrons. The molecule has 3 aromatic rings. The summed E-state index contributed by atoms with van der Waals surface area (Å²) in [6, 6.07) is 18.4. The number of aromatic amines is 1. The average Bonchev–Trinajstić information content (AvgIpc) is 3.00. The Morgan fingerprint density at radius 1 is 0.900 bits per heavy atom. The largest absolute Gasteiger partial charge is 0.340 e. The van der Waals surface area contributed by atoms with Crippen LogP contribution in [0.3, 0.4) is 0 Å². The highest BCUT2D eigenvalue weighted by Gasteiger charge is 1.99. The first-order valence-electron chi connectivity index (χ1n) is 6.49. The molecular weight excluding hydrogens is 246 g/mol. The van der Waals surface area contributed by atoms with Gasteiger partial charge in [-0.1, -0.05) is 60.7 Å². The van der Waals surface area contributed by atoms with Crippen LogP contribution in [0.1, 0.15) is 11.1 Å². The third kappa shape index (κ3) is 2.95. The molecule has 0 aliphatic heterocycles. The van der Waals surface area contributed by atoms with Crippen molar-refractivity contribution in [3.8, 4) is 0 Å². The van der Waals surface area contributed by atoms with Crippen LogP contribution in [0.15, 0.2) is 67.1 Å². The maximum absolute atomic E-state index is 4.01. The molecule has 0 aliphatic carbocycles. The topological polar surface area (TPSA) is 40.7 Å². The maximum atomic E-state index is 4.01. The third-order valence-electron chi connectivity index (χ3n) is 2.98. The van der Waals surface area contributed by atoms with E-state index in [0.717, 1.165) is 17.1 Å². The SMILES string of the molecule is C(=Cc1ccccc1Nc1cnc[nH]1)c1ccccc1. The van der Waals surface area contributed by atoms with Gasteiger partial charge in [-0.3, -0.25) is 0 Å². The normalized spacial score (nSPS) is 10.8. The molecule has 0 spiro atoms. The molecule has 2 aromatic carbocycles. The molecule has 0 aliphatic rings. The highest BCUT2D eigenvalue weighted by molar-refractivity contribution is 5.78. The fourth-order valence-electron chi connectivity index (χ4n) is 1.98. The van der Waals surface area contributed by atoms with Crippen molar-refractivity contribution in [1.29, 1.82) is 0 Å². The Morgan fingerprint density at radius 2 is 1.70 bits per heavy atom. The van der Waals surface area contributed by atoms with Gasteiger partial charge in [-0.05, 0) is 17.2 Å². The maximum Gasteiger partial charge on any atom is 0.127 e. The number of hydrogen-bond donors (Lipinski definition) is 2. The van der Waals surface area contributed by atoms with Crippen LogP contribution in [0.25, 0.3) is 12.2 Å². The molecule has 0 saturated carbocycles. The molecular formula is C17H15N3. The molecule has 20 heavy (non-hydrogen) atoms. The first-order chi connectivity index (χ1) is 9.92. The van der Waals surface area contributed by atoms with E-state index in [1.54, 1.807) is 12.5 Å². The summed E-state index contributed by atoms with van der Waals surface area (Å²) < 4.78 is 0. The lowest BCUT2D eigenvalue weighted by Gasteiger charge is -2.07. The van der Waals surface area contributed by atoms with Gasteiger partial charge in [0.25, 0.3) is 0 Å². The van der Waals surface area contributed by atoms with E-state index in [9.17, 15) is 0 Å². The van der Waals surface area contributed by atoms with Crippen LogP contribution in [-0.4, -0.2) is 9.97 Å². The van der Waals surface area contributed by atoms with Gasteiger partial charge in [-0.15, -0.1) is 0 Å². The standard InChI is InChI=1S/C17H15N3/c1-2-6-14(7-3-1)10-11-15-8-4-5-9-16(15)20-17-12-18-13-19-17/h1-13,20H,(H,18,19). The number of hydrogen-bond acceptors (Lipinski definition) is 2. The lowest BCUT2D eigenvalue weighted by molar-refractivity contribution is 1.31. The zero-order valence-corrected chi connectivity index (χ0v) is 11.0. The van der Waals surface area contributed by atoms with E-state index < -0.39 is 0 Å². The van der Waals surface area contributed by atoms with E-state index in [-0.39, 0.29) is 0 Å². The Morgan fingerprint density at radius 3 is 2.50 bits per heavy atom. The number of aromatic nitrogens is 2. The van der Waals surface area contributed by atoms with Crippen LogP contribution in [-0.2, 0) is 0 Å². The van der Waals surface area contributed by atoms with Gasteiger partial charge in [-0.2, -0.15) is 0 Å². The van der Waals surface area contributed by atoms with E-state index in [0.29, 0.717) is 0 Å². The number of H-pyrrole nitrogens is 1. The molecule has 0 saturated heterocycles. The van der Waals surface area contributed by atoms with Crippen LogP contribution >= 0.6 is 0 Å². The van der Waals surface area contributed by atoms with E-state index in [1.165, 1.54) is 5.56 Å². The second-order valence-electron chi connectivity index (χ2n) is 4.42. The number of nitrogens with one attached hydrogen (secondary N) is 2. The van der Waals surface area contributed by atoms with Gasteiger partial charge in [-0.25, -0.2) is 4.98 Å². The number of imidazole rings is 1. The van der Waals surface area contributed by atoms with Gasteiger partial charge in [0.1, 0.15) is 5.82 Å². The second kappa shape index (κ2) is 5.89. The number of rotatable bonds is 4. The van der Waals surface area contributed by atoms with Gasteiger partial charge in [0.05, 0.1) is 12.5 Å². The van der Waals surface area contributed by atoms with E-state index in [4.69, 9.17) is 0 Å². The summed E-state index contributed by atoms with van der Waals surface area (Å²) in [5.74, 6) is 0.880. The quantitative estimate of drug-likeness (QED) is 0.686. The molecule has 3 nitrogen and oxygen atoms in total. The van der Waals surface area contributed by atoms with Crippen LogP contribution in [0.2, 0.25) is 0 Å². The minimum atomic E-state index is 0.880. The smallest absolute Gasteiger partial charge is 0.127 e. The number of para-hydroxylation sites is 1. The van der Waals surface area contributed by atoms with Crippen molar-refractivity contribution in [2.45, 2.75) is 0 Å². The summed E-state index contributed by atoms with van der Waals surface area (Å²) in [5, 5.41) is 3.32. The minimum absolute atomic E-state index is 0.880. The van der Waals surface area contributed by atoms with Crippen molar-refractivity contribution in [3.63, 3.8) is 0 Å². The first kappa shape index (κ1) is 12.2. The predicted molar refractivity (Wildman–Crippen MR) is 83.7 cm³/mol. The Labute approximate surface area is 118 Å². The molecule has 0 radical (unpaired) electrons. The predicted octanol–water partition coefficient (Wildman–Crippen LogP) is 4.32. The van der Waals surface area contributed by atoms with Crippen molar-refractivity contribution in [2.24, 2.45) is 0 Å². The van der Waals surface area contributed by atoms with Gasteiger partial charge in [0.2, 0.25) is 0 Å². The summed E-state index contributed by atoms with van der Waals surface area (Å²) >= 11 is 0. The van der Waals surface area contributed by atoms with E-state index in [1.807, 2.05) is 36.4 Å². The molecule has 0 unspecified atom stereocenters. The van der Waals surface area contributed by atoms with Gasteiger partial charge >= 0.3 is 0 Å². The molecule has 3 rings (SSSR count). The third-order valence-corrected chi connectivity index (χ3v) is 2.98. The fourth-order valence-corrected chi connectivity index (χ4v) is 1.98. The van der Waals surface area contributed by atoms with Gasteiger partial charge in [0.15, 0.2) is 0 Å². The fraction of sp³-hybridized carbons (Fsp3) is 0. The van der Waals surface area contributed by atoms with Crippen LogP contribution in [0, 0.1) is 0 Å². The Bertz CT molecular complexity index is 685. The number of benzene rings is 2.